The third-order valence-electron chi connectivity index (χ3n) is 5.28. The van der Waals surface area contributed by atoms with E-state index in [1.807, 2.05) is 18.2 Å². The molecule has 0 aromatic heterocycles. The normalized spacial score (nSPS) is 21.9. The maximum absolute atomic E-state index is 6.08. The summed E-state index contributed by atoms with van der Waals surface area (Å²) in [6.45, 7) is 13.7. The largest absolute Gasteiger partial charge is 0.489 e. The summed E-state index contributed by atoms with van der Waals surface area (Å²) < 4.78 is 11.6. The van der Waals surface area contributed by atoms with E-state index in [0.29, 0.717) is 12.6 Å². The summed E-state index contributed by atoms with van der Waals surface area (Å²) in [6.07, 6.45) is 1.23. The molecule has 2 atom stereocenters. The number of ether oxygens (including phenoxy) is 2. The molecule has 0 radical (unpaired) electrons. The number of nitrogens with one attached hydrogen (secondary N) is 1. The first-order chi connectivity index (χ1) is 13.2. The molecule has 158 valence electrons. The van der Waals surface area contributed by atoms with Crippen molar-refractivity contribution in [3.8, 4) is 5.75 Å². The Morgan fingerprint density at radius 1 is 1.29 bits per heavy atom. The molecule has 0 saturated carbocycles. The van der Waals surface area contributed by atoms with Crippen LogP contribution < -0.4 is 10.1 Å². The minimum atomic E-state index is 0. The van der Waals surface area contributed by atoms with Crippen molar-refractivity contribution < 1.29 is 9.47 Å². The van der Waals surface area contributed by atoms with E-state index < -0.39 is 0 Å². The monoisotopic (exact) mass is 502 g/mol. The van der Waals surface area contributed by atoms with E-state index in [1.54, 1.807) is 0 Å². The second-order valence-electron chi connectivity index (χ2n) is 7.43. The van der Waals surface area contributed by atoms with Crippen molar-refractivity contribution in [1.29, 1.82) is 0 Å². The Morgan fingerprint density at radius 2 is 2.04 bits per heavy atom. The number of guanidine groups is 1. The molecule has 2 aliphatic rings. The Labute approximate surface area is 186 Å². The van der Waals surface area contributed by atoms with Gasteiger partial charge in [-0.3, -0.25) is 4.90 Å². The predicted molar refractivity (Wildman–Crippen MR) is 125 cm³/mol. The maximum Gasteiger partial charge on any atom is 0.194 e. The standard InChI is InChI=1S/C21H34N4O2.HI/c1-4-22-21(23-15-18(3)27-20-8-6-5-7-17(20)2)25-10-9-19(16-25)24-11-13-26-14-12-24;/h5-8,18-19H,4,9-16H2,1-3H3,(H,22,23);1H. The molecular weight excluding hydrogens is 467 g/mol. The number of halogens is 1. The molecule has 1 aromatic carbocycles. The second kappa shape index (κ2) is 11.8. The molecule has 0 spiro atoms. The van der Waals surface area contributed by atoms with E-state index in [1.165, 1.54) is 6.42 Å². The summed E-state index contributed by atoms with van der Waals surface area (Å²) in [5.74, 6) is 1.95. The zero-order valence-electron chi connectivity index (χ0n) is 17.4. The number of rotatable bonds is 6. The highest BCUT2D eigenvalue weighted by molar-refractivity contribution is 14.0. The van der Waals surface area contributed by atoms with Crippen LogP contribution in [-0.2, 0) is 4.74 Å². The number of nitrogens with zero attached hydrogens (tertiary/aromatic N) is 3. The van der Waals surface area contributed by atoms with Crippen molar-refractivity contribution in [2.75, 3.05) is 52.5 Å². The molecule has 3 rings (SSSR count). The Kier molecular flexibility index (Phi) is 9.81. The van der Waals surface area contributed by atoms with Crippen LogP contribution in [0.5, 0.6) is 5.75 Å². The minimum Gasteiger partial charge on any atom is -0.489 e. The van der Waals surface area contributed by atoms with E-state index >= 15 is 0 Å². The number of likely N-dealkylation sites (tertiary alicyclic amines) is 1. The molecule has 0 amide bonds. The summed E-state index contributed by atoms with van der Waals surface area (Å²) >= 11 is 0. The molecule has 0 aliphatic carbocycles. The van der Waals surface area contributed by atoms with Gasteiger partial charge in [0.25, 0.3) is 0 Å². The third-order valence-corrected chi connectivity index (χ3v) is 5.28. The fourth-order valence-electron chi connectivity index (χ4n) is 3.76. The summed E-state index contributed by atoms with van der Waals surface area (Å²) in [5, 5.41) is 3.46. The number of benzene rings is 1. The third kappa shape index (κ3) is 6.49. The Bertz CT molecular complexity index is 622. The van der Waals surface area contributed by atoms with Gasteiger partial charge >= 0.3 is 0 Å². The molecule has 2 heterocycles. The van der Waals surface area contributed by atoms with Gasteiger partial charge in [0.15, 0.2) is 5.96 Å². The van der Waals surface area contributed by atoms with Crippen LogP contribution in [0.1, 0.15) is 25.8 Å². The van der Waals surface area contributed by atoms with Gasteiger partial charge < -0.3 is 19.7 Å². The number of aliphatic imine (C=N–C) groups is 1. The van der Waals surface area contributed by atoms with Gasteiger partial charge in [-0.2, -0.15) is 0 Å². The predicted octanol–water partition coefficient (Wildman–Crippen LogP) is 2.75. The molecule has 2 fully saturated rings. The van der Waals surface area contributed by atoms with Crippen LogP contribution in [0.2, 0.25) is 0 Å². The molecule has 2 unspecified atom stereocenters. The van der Waals surface area contributed by atoms with Crippen LogP contribution in [0.25, 0.3) is 0 Å². The lowest BCUT2D eigenvalue weighted by Crippen LogP contribution is -2.46. The van der Waals surface area contributed by atoms with Gasteiger partial charge in [-0.05, 0) is 38.8 Å². The van der Waals surface area contributed by atoms with E-state index in [4.69, 9.17) is 14.5 Å². The molecule has 6 nitrogen and oxygen atoms in total. The Morgan fingerprint density at radius 3 is 2.75 bits per heavy atom. The van der Waals surface area contributed by atoms with Crippen LogP contribution in [0.4, 0.5) is 0 Å². The highest BCUT2D eigenvalue weighted by atomic mass is 127. The molecule has 2 aliphatic heterocycles. The van der Waals surface area contributed by atoms with Gasteiger partial charge in [0.2, 0.25) is 0 Å². The van der Waals surface area contributed by atoms with Gasteiger partial charge in [0, 0.05) is 38.8 Å². The minimum absolute atomic E-state index is 0. The number of para-hydroxylation sites is 1. The van der Waals surface area contributed by atoms with Crippen molar-refractivity contribution >= 4 is 29.9 Å². The molecule has 1 aromatic rings. The van der Waals surface area contributed by atoms with Crippen molar-refractivity contribution in [3.63, 3.8) is 0 Å². The lowest BCUT2D eigenvalue weighted by Gasteiger charge is -2.32. The van der Waals surface area contributed by atoms with Crippen molar-refractivity contribution in [1.82, 2.24) is 15.1 Å². The van der Waals surface area contributed by atoms with Gasteiger partial charge in [0.1, 0.15) is 11.9 Å². The summed E-state index contributed by atoms with van der Waals surface area (Å²) in [6, 6.07) is 8.75. The Hall–Kier alpha value is -1.06. The molecule has 1 N–H and O–H groups in total. The zero-order chi connectivity index (χ0) is 19.1. The summed E-state index contributed by atoms with van der Waals surface area (Å²) in [5.41, 5.74) is 1.16. The van der Waals surface area contributed by atoms with Crippen molar-refractivity contribution in [3.05, 3.63) is 29.8 Å². The molecule has 2 saturated heterocycles. The van der Waals surface area contributed by atoms with Gasteiger partial charge in [-0.1, -0.05) is 18.2 Å². The van der Waals surface area contributed by atoms with Crippen LogP contribution in [0, 0.1) is 6.92 Å². The van der Waals surface area contributed by atoms with Crippen LogP contribution in [0.3, 0.4) is 0 Å². The van der Waals surface area contributed by atoms with E-state index in [9.17, 15) is 0 Å². The molecule has 28 heavy (non-hydrogen) atoms. The fraction of sp³-hybridized carbons (Fsp3) is 0.667. The lowest BCUT2D eigenvalue weighted by molar-refractivity contribution is 0.0195. The van der Waals surface area contributed by atoms with Crippen LogP contribution in [-0.4, -0.2) is 80.4 Å². The molecular formula is C21H35IN4O2. The van der Waals surface area contributed by atoms with E-state index in [0.717, 1.165) is 63.2 Å². The Balaban J connectivity index is 0.00000280. The first-order valence-corrected chi connectivity index (χ1v) is 10.2. The summed E-state index contributed by atoms with van der Waals surface area (Å²) in [7, 11) is 0. The SMILES string of the molecule is CCNC(=NCC(C)Oc1ccccc1C)N1CCC(N2CCOCC2)C1.I. The first-order valence-electron chi connectivity index (χ1n) is 10.2. The van der Waals surface area contributed by atoms with Crippen molar-refractivity contribution in [2.24, 2.45) is 4.99 Å². The zero-order valence-corrected chi connectivity index (χ0v) is 19.7. The topological polar surface area (TPSA) is 49.3 Å². The maximum atomic E-state index is 6.08. The second-order valence-corrected chi connectivity index (χ2v) is 7.43. The first kappa shape index (κ1) is 23.2. The average Bonchev–Trinajstić information content (AvgIpc) is 3.18. The summed E-state index contributed by atoms with van der Waals surface area (Å²) in [4.78, 5) is 9.82. The van der Waals surface area contributed by atoms with Gasteiger partial charge in [-0.25, -0.2) is 4.99 Å². The van der Waals surface area contributed by atoms with Gasteiger partial charge in [-0.15, -0.1) is 24.0 Å². The molecule has 7 heteroatoms. The van der Waals surface area contributed by atoms with Crippen LogP contribution >= 0.6 is 24.0 Å². The highest BCUT2D eigenvalue weighted by Gasteiger charge is 2.30. The number of hydrogen-bond donors (Lipinski definition) is 1. The fourth-order valence-corrected chi connectivity index (χ4v) is 3.76. The molecule has 0 bridgehead atoms. The number of morpholine rings is 1. The van der Waals surface area contributed by atoms with Crippen molar-refractivity contribution in [2.45, 2.75) is 39.3 Å². The average molecular weight is 502 g/mol. The van der Waals surface area contributed by atoms with E-state index in [2.05, 4.69) is 42.0 Å². The lowest BCUT2D eigenvalue weighted by atomic mass is 10.2. The highest BCUT2D eigenvalue weighted by Crippen LogP contribution is 2.19. The van der Waals surface area contributed by atoms with Gasteiger partial charge in [0.05, 0.1) is 19.8 Å². The van der Waals surface area contributed by atoms with E-state index in [-0.39, 0.29) is 30.1 Å². The van der Waals surface area contributed by atoms with Crippen LogP contribution in [0.15, 0.2) is 29.3 Å². The number of hydrogen-bond acceptors (Lipinski definition) is 4. The quantitative estimate of drug-likeness (QED) is 0.369. The smallest absolute Gasteiger partial charge is 0.194 e. The number of aryl methyl sites for hydroxylation is 1.